The lowest BCUT2D eigenvalue weighted by Gasteiger charge is -2.16. The van der Waals surface area contributed by atoms with E-state index in [9.17, 15) is 13.2 Å². The molecule has 2 unspecified atom stereocenters. The van der Waals surface area contributed by atoms with Gasteiger partial charge in [-0.3, -0.25) is 0 Å². The van der Waals surface area contributed by atoms with Crippen LogP contribution in [0.1, 0.15) is 24.5 Å². The Bertz CT molecular complexity index is 429. The fourth-order valence-electron chi connectivity index (χ4n) is 2.29. The molecule has 0 amide bonds. The predicted molar refractivity (Wildman–Crippen MR) is 65.7 cm³/mol. The van der Waals surface area contributed by atoms with Gasteiger partial charge in [-0.05, 0) is 44.5 Å². The second kappa shape index (κ2) is 4.80. The van der Waals surface area contributed by atoms with E-state index in [0.717, 1.165) is 24.5 Å². The van der Waals surface area contributed by atoms with E-state index in [-0.39, 0.29) is 6.04 Å². The minimum absolute atomic E-state index is 0.214. The molecule has 0 saturated carbocycles. The van der Waals surface area contributed by atoms with Gasteiger partial charge in [0.15, 0.2) is 0 Å². The number of rotatable bonds is 3. The minimum Gasteiger partial charge on any atom is -0.382 e. The fraction of sp³-hybridized carbons (Fsp3) is 0.538. The van der Waals surface area contributed by atoms with E-state index in [1.807, 2.05) is 7.05 Å². The number of benzene rings is 1. The molecule has 2 N–H and O–H groups in total. The van der Waals surface area contributed by atoms with Gasteiger partial charge in [0.2, 0.25) is 0 Å². The highest BCUT2D eigenvalue weighted by molar-refractivity contribution is 5.58. The smallest absolute Gasteiger partial charge is 0.382 e. The fourth-order valence-corrected chi connectivity index (χ4v) is 2.29. The number of hydrogen-bond donors (Lipinski definition) is 2. The van der Waals surface area contributed by atoms with Crippen molar-refractivity contribution in [2.24, 2.45) is 0 Å². The predicted octanol–water partition coefficient (Wildman–Crippen LogP) is 3.04. The van der Waals surface area contributed by atoms with E-state index in [2.05, 4.69) is 17.6 Å². The molecule has 0 aliphatic carbocycles. The monoisotopic (exact) mass is 258 g/mol. The van der Waals surface area contributed by atoms with Crippen LogP contribution in [0.3, 0.4) is 0 Å². The van der Waals surface area contributed by atoms with E-state index >= 15 is 0 Å². The maximum atomic E-state index is 12.6. The highest BCUT2D eigenvalue weighted by Gasteiger charge is 2.32. The third-order valence-electron chi connectivity index (χ3n) is 3.39. The summed E-state index contributed by atoms with van der Waals surface area (Å²) in [6.07, 6.45) is -2.58. The van der Waals surface area contributed by atoms with Gasteiger partial charge in [0.25, 0.3) is 0 Å². The van der Waals surface area contributed by atoms with Crippen LogP contribution in [0, 0.1) is 0 Å². The Morgan fingerprint density at radius 1 is 1.44 bits per heavy atom. The van der Waals surface area contributed by atoms with Crippen LogP contribution in [0.25, 0.3) is 0 Å². The Kier molecular flexibility index (Phi) is 3.52. The number of halogens is 3. The van der Waals surface area contributed by atoms with E-state index in [1.165, 1.54) is 6.07 Å². The van der Waals surface area contributed by atoms with Crippen LogP contribution in [0.4, 0.5) is 18.9 Å². The molecule has 18 heavy (non-hydrogen) atoms. The minimum atomic E-state index is -4.27. The van der Waals surface area contributed by atoms with Crippen molar-refractivity contribution < 1.29 is 13.2 Å². The first-order chi connectivity index (χ1) is 8.40. The third-order valence-corrected chi connectivity index (χ3v) is 3.39. The third kappa shape index (κ3) is 2.77. The van der Waals surface area contributed by atoms with Crippen molar-refractivity contribution in [1.29, 1.82) is 0 Å². The van der Waals surface area contributed by atoms with Crippen molar-refractivity contribution in [1.82, 2.24) is 5.32 Å². The lowest BCUT2D eigenvalue weighted by molar-refractivity contribution is -0.137. The largest absolute Gasteiger partial charge is 0.416 e. The topological polar surface area (TPSA) is 24.1 Å². The Balaban J connectivity index is 2.11. The molecule has 2 rings (SSSR count). The molecule has 1 aliphatic rings. The van der Waals surface area contributed by atoms with Gasteiger partial charge in [0, 0.05) is 17.8 Å². The first-order valence-corrected chi connectivity index (χ1v) is 6.04. The standard InChI is InChI=1S/C13H17F3N2/c1-8(17-2)5-11-6-9-3-4-10(13(14,15)16)7-12(9)18-11/h3-4,7-8,11,17-18H,5-6H2,1-2H3. The van der Waals surface area contributed by atoms with Crippen LogP contribution in [0.5, 0.6) is 0 Å². The van der Waals surface area contributed by atoms with Crippen LogP contribution in [0.2, 0.25) is 0 Å². The van der Waals surface area contributed by atoms with Crippen molar-refractivity contribution in [2.75, 3.05) is 12.4 Å². The summed E-state index contributed by atoms with van der Waals surface area (Å²) in [6.45, 7) is 2.06. The van der Waals surface area contributed by atoms with E-state index in [4.69, 9.17) is 0 Å². The molecule has 1 aliphatic heterocycles. The quantitative estimate of drug-likeness (QED) is 0.870. The molecule has 5 heteroatoms. The zero-order chi connectivity index (χ0) is 13.3. The van der Waals surface area contributed by atoms with E-state index < -0.39 is 11.7 Å². The van der Waals surface area contributed by atoms with Gasteiger partial charge in [0.05, 0.1) is 5.56 Å². The van der Waals surface area contributed by atoms with Crippen molar-refractivity contribution in [3.63, 3.8) is 0 Å². The van der Waals surface area contributed by atoms with Crippen LogP contribution in [0.15, 0.2) is 18.2 Å². The highest BCUT2D eigenvalue weighted by atomic mass is 19.4. The second-order valence-electron chi connectivity index (χ2n) is 4.84. The Hall–Kier alpha value is -1.23. The zero-order valence-electron chi connectivity index (χ0n) is 10.4. The molecule has 1 heterocycles. The lowest BCUT2D eigenvalue weighted by atomic mass is 10.0. The molecule has 0 radical (unpaired) electrons. The normalized spacial score (nSPS) is 20.4. The molecule has 100 valence electrons. The number of hydrogen-bond acceptors (Lipinski definition) is 2. The molecular formula is C13H17F3N2. The Morgan fingerprint density at radius 2 is 2.17 bits per heavy atom. The van der Waals surface area contributed by atoms with Crippen LogP contribution < -0.4 is 10.6 Å². The Labute approximate surface area is 105 Å². The number of nitrogens with one attached hydrogen (secondary N) is 2. The molecule has 0 aromatic heterocycles. The first-order valence-electron chi connectivity index (χ1n) is 6.04. The van der Waals surface area contributed by atoms with Gasteiger partial charge in [-0.2, -0.15) is 13.2 Å². The van der Waals surface area contributed by atoms with Crippen LogP contribution in [-0.4, -0.2) is 19.1 Å². The number of fused-ring (bicyclic) bond motifs is 1. The van der Waals surface area contributed by atoms with E-state index in [1.54, 1.807) is 6.07 Å². The van der Waals surface area contributed by atoms with Crippen molar-refractivity contribution in [3.05, 3.63) is 29.3 Å². The molecule has 1 aromatic rings. The average molecular weight is 258 g/mol. The van der Waals surface area contributed by atoms with Gasteiger partial charge in [-0.1, -0.05) is 6.07 Å². The molecule has 2 nitrogen and oxygen atoms in total. The molecular weight excluding hydrogens is 241 g/mol. The van der Waals surface area contributed by atoms with Crippen LogP contribution in [-0.2, 0) is 12.6 Å². The summed E-state index contributed by atoms with van der Waals surface area (Å²) < 4.78 is 37.7. The summed E-state index contributed by atoms with van der Waals surface area (Å²) in [7, 11) is 1.88. The molecule has 0 spiro atoms. The van der Waals surface area contributed by atoms with Gasteiger partial charge in [0.1, 0.15) is 0 Å². The lowest BCUT2D eigenvalue weighted by Crippen LogP contribution is -2.29. The highest BCUT2D eigenvalue weighted by Crippen LogP contribution is 2.35. The van der Waals surface area contributed by atoms with Gasteiger partial charge >= 0.3 is 6.18 Å². The molecule has 0 bridgehead atoms. The van der Waals surface area contributed by atoms with Gasteiger partial charge in [-0.25, -0.2) is 0 Å². The summed E-state index contributed by atoms with van der Waals surface area (Å²) in [4.78, 5) is 0. The second-order valence-corrected chi connectivity index (χ2v) is 4.84. The number of alkyl halides is 3. The van der Waals surface area contributed by atoms with Crippen molar-refractivity contribution in [3.8, 4) is 0 Å². The summed E-state index contributed by atoms with van der Waals surface area (Å²) in [5, 5.41) is 6.31. The number of anilines is 1. The Morgan fingerprint density at radius 3 is 2.78 bits per heavy atom. The van der Waals surface area contributed by atoms with Crippen molar-refractivity contribution in [2.45, 2.75) is 38.0 Å². The van der Waals surface area contributed by atoms with E-state index in [0.29, 0.717) is 11.7 Å². The summed E-state index contributed by atoms with van der Waals surface area (Å²) in [6, 6.07) is 4.50. The summed E-state index contributed by atoms with van der Waals surface area (Å²) >= 11 is 0. The molecule has 1 aromatic carbocycles. The molecule has 0 saturated heterocycles. The van der Waals surface area contributed by atoms with Crippen molar-refractivity contribution >= 4 is 5.69 Å². The first kappa shape index (κ1) is 13.2. The molecule has 2 atom stereocenters. The van der Waals surface area contributed by atoms with Crippen LogP contribution >= 0.6 is 0 Å². The maximum absolute atomic E-state index is 12.6. The average Bonchev–Trinajstić information content (AvgIpc) is 2.68. The summed E-state index contributed by atoms with van der Waals surface area (Å²) in [5.41, 5.74) is 1.01. The van der Waals surface area contributed by atoms with Gasteiger partial charge in [-0.15, -0.1) is 0 Å². The van der Waals surface area contributed by atoms with Gasteiger partial charge < -0.3 is 10.6 Å². The summed E-state index contributed by atoms with van der Waals surface area (Å²) in [5.74, 6) is 0. The molecule has 0 fully saturated rings. The zero-order valence-corrected chi connectivity index (χ0v) is 10.4. The SMILES string of the molecule is CNC(C)CC1Cc2ccc(C(F)(F)F)cc2N1. The maximum Gasteiger partial charge on any atom is 0.416 e.